The van der Waals surface area contributed by atoms with E-state index in [1.807, 2.05) is 0 Å². The van der Waals surface area contributed by atoms with Crippen LogP contribution in [0.25, 0.3) is 0 Å². The van der Waals surface area contributed by atoms with Crippen LogP contribution in [0.1, 0.15) is 6.42 Å². The van der Waals surface area contributed by atoms with Gasteiger partial charge in [-0.05, 0) is 0 Å². The lowest BCUT2D eigenvalue weighted by atomic mass is 10.1. The van der Waals surface area contributed by atoms with Gasteiger partial charge in [-0.2, -0.15) is 0 Å². The van der Waals surface area contributed by atoms with Crippen molar-refractivity contribution in [3.63, 3.8) is 0 Å². The average Bonchev–Trinajstić information content (AvgIpc) is 2.60. The fourth-order valence-electron chi connectivity index (χ4n) is 1.90. The lowest BCUT2D eigenvalue weighted by Gasteiger charge is -2.28. The summed E-state index contributed by atoms with van der Waals surface area (Å²) in [6.45, 7) is 0.196. The Balaban J connectivity index is 2.72. The van der Waals surface area contributed by atoms with E-state index in [1.165, 1.54) is 0 Å². The van der Waals surface area contributed by atoms with Gasteiger partial charge in [0.05, 0.1) is 13.2 Å². The van der Waals surface area contributed by atoms with Gasteiger partial charge in [-0.3, -0.25) is 9.69 Å². The van der Waals surface area contributed by atoms with Gasteiger partial charge in [0.15, 0.2) is 0 Å². The van der Waals surface area contributed by atoms with E-state index < -0.39 is 18.1 Å². The van der Waals surface area contributed by atoms with Gasteiger partial charge in [0.2, 0.25) is 5.91 Å². The second-order valence-corrected chi connectivity index (χ2v) is 3.64. The molecule has 1 amide bonds. The number of nitrogens with one attached hydrogen (secondary N) is 1. The second kappa shape index (κ2) is 5.78. The van der Waals surface area contributed by atoms with Crippen LogP contribution in [0.5, 0.6) is 0 Å². The van der Waals surface area contributed by atoms with E-state index in [-0.39, 0.29) is 38.6 Å². The Morgan fingerprint density at radius 2 is 1.94 bits per heavy atom. The minimum absolute atomic E-state index is 0.0803. The van der Waals surface area contributed by atoms with Crippen molar-refractivity contribution >= 4 is 11.9 Å². The predicted octanol–water partition coefficient (Wildman–Crippen LogP) is -2.39. The maximum absolute atomic E-state index is 11.2. The molecule has 0 aromatic heterocycles. The van der Waals surface area contributed by atoms with E-state index in [1.54, 1.807) is 4.90 Å². The molecule has 0 aromatic rings. The highest BCUT2D eigenvalue weighted by Gasteiger charge is 2.40. The molecule has 0 saturated carbocycles. The summed E-state index contributed by atoms with van der Waals surface area (Å²) in [4.78, 5) is 23.7. The van der Waals surface area contributed by atoms with Crippen LogP contribution in [-0.2, 0) is 9.59 Å². The van der Waals surface area contributed by atoms with Crippen LogP contribution in [0.15, 0.2) is 0 Å². The summed E-state index contributed by atoms with van der Waals surface area (Å²) in [6, 6.07) is -1.48. The highest BCUT2D eigenvalue weighted by atomic mass is 16.4. The molecule has 0 spiro atoms. The molecular weight excluding hydrogens is 216 g/mol. The van der Waals surface area contributed by atoms with E-state index in [9.17, 15) is 9.59 Å². The highest BCUT2D eigenvalue weighted by molar-refractivity contribution is 5.88. The predicted molar refractivity (Wildman–Crippen MR) is 53.7 cm³/mol. The van der Waals surface area contributed by atoms with Crippen LogP contribution in [0.2, 0.25) is 0 Å². The SMILES string of the molecule is O=C1CC(N(CCO)CCO)[C@@H](C(=O)O)N1. The summed E-state index contributed by atoms with van der Waals surface area (Å²) in [5.41, 5.74) is 0. The lowest BCUT2D eigenvalue weighted by Crippen LogP contribution is -2.49. The van der Waals surface area contributed by atoms with Crippen LogP contribution in [0.4, 0.5) is 0 Å². The minimum atomic E-state index is -1.10. The zero-order valence-electron chi connectivity index (χ0n) is 8.80. The fraction of sp³-hybridized carbons (Fsp3) is 0.778. The number of rotatable bonds is 6. The summed E-state index contributed by atoms with van der Waals surface area (Å²) < 4.78 is 0. The fourth-order valence-corrected chi connectivity index (χ4v) is 1.90. The van der Waals surface area contributed by atoms with Gasteiger partial charge >= 0.3 is 5.97 Å². The van der Waals surface area contributed by atoms with Crippen LogP contribution in [0.3, 0.4) is 0 Å². The monoisotopic (exact) mass is 232 g/mol. The van der Waals surface area contributed by atoms with Crippen LogP contribution in [-0.4, -0.2) is 70.5 Å². The van der Waals surface area contributed by atoms with Crippen LogP contribution in [0, 0.1) is 0 Å². The van der Waals surface area contributed by atoms with Crippen molar-refractivity contribution in [2.45, 2.75) is 18.5 Å². The molecule has 4 N–H and O–H groups in total. The molecule has 0 aliphatic carbocycles. The van der Waals surface area contributed by atoms with Crippen molar-refractivity contribution in [2.24, 2.45) is 0 Å². The van der Waals surface area contributed by atoms with Gasteiger partial charge in [-0.25, -0.2) is 4.79 Å². The second-order valence-electron chi connectivity index (χ2n) is 3.64. The summed E-state index contributed by atoms with van der Waals surface area (Å²) in [5.74, 6) is -1.42. The molecule has 1 aliphatic heterocycles. The van der Waals surface area contributed by atoms with Gasteiger partial charge in [0.1, 0.15) is 6.04 Å². The molecule has 0 bridgehead atoms. The van der Waals surface area contributed by atoms with Gasteiger partial charge in [-0.15, -0.1) is 0 Å². The van der Waals surface area contributed by atoms with Crippen LogP contribution < -0.4 is 5.32 Å². The number of aliphatic hydroxyl groups is 2. The Labute approximate surface area is 92.7 Å². The topological polar surface area (TPSA) is 110 Å². The van der Waals surface area contributed by atoms with Crippen molar-refractivity contribution in [1.29, 1.82) is 0 Å². The Hall–Kier alpha value is -1.18. The van der Waals surface area contributed by atoms with E-state index in [4.69, 9.17) is 15.3 Å². The first-order chi connectivity index (χ1) is 7.60. The number of carboxylic acids is 1. The first-order valence-corrected chi connectivity index (χ1v) is 5.08. The minimum Gasteiger partial charge on any atom is -0.480 e. The van der Waals surface area contributed by atoms with Crippen molar-refractivity contribution < 1.29 is 24.9 Å². The van der Waals surface area contributed by atoms with Crippen molar-refractivity contribution in [1.82, 2.24) is 10.2 Å². The Morgan fingerprint density at radius 3 is 2.38 bits per heavy atom. The Morgan fingerprint density at radius 1 is 1.38 bits per heavy atom. The van der Waals surface area contributed by atoms with Crippen molar-refractivity contribution in [3.8, 4) is 0 Å². The third kappa shape index (κ3) is 2.91. The Kier molecular flexibility index (Phi) is 4.66. The number of aliphatic hydroxyl groups excluding tert-OH is 2. The van der Waals surface area contributed by atoms with Crippen LogP contribution >= 0.6 is 0 Å². The molecule has 7 nitrogen and oxygen atoms in total. The summed E-state index contributed by atoms with van der Waals surface area (Å²) in [6.07, 6.45) is 0.0803. The molecule has 1 rings (SSSR count). The summed E-state index contributed by atoms with van der Waals surface area (Å²) >= 11 is 0. The number of carboxylic acid groups (broad SMARTS) is 1. The van der Waals surface area contributed by atoms with E-state index in [2.05, 4.69) is 5.32 Å². The summed E-state index contributed by atoms with van der Waals surface area (Å²) in [5, 5.41) is 29.0. The molecule has 1 unspecified atom stereocenters. The number of hydrogen-bond donors (Lipinski definition) is 4. The molecular formula is C9H16N2O5. The first-order valence-electron chi connectivity index (χ1n) is 5.08. The first kappa shape index (κ1) is 12.9. The average molecular weight is 232 g/mol. The summed E-state index contributed by atoms with van der Waals surface area (Å²) in [7, 11) is 0. The molecule has 0 radical (unpaired) electrons. The third-order valence-corrected chi connectivity index (χ3v) is 2.61. The molecule has 7 heteroatoms. The zero-order chi connectivity index (χ0) is 12.1. The van der Waals surface area contributed by atoms with Gasteiger partial charge < -0.3 is 20.6 Å². The molecule has 0 aromatic carbocycles. The van der Waals surface area contributed by atoms with Gasteiger partial charge in [0, 0.05) is 25.6 Å². The maximum Gasteiger partial charge on any atom is 0.327 e. The largest absolute Gasteiger partial charge is 0.480 e. The smallest absolute Gasteiger partial charge is 0.327 e. The number of carbonyl (C=O) groups is 2. The number of nitrogens with zero attached hydrogens (tertiary/aromatic N) is 1. The molecule has 92 valence electrons. The molecule has 2 atom stereocenters. The highest BCUT2D eigenvalue weighted by Crippen LogP contribution is 2.15. The number of aliphatic carboxylic acids is 1. The van der Waals surface area contributed by atoms with Gasteiger partial charge in [0.25, 0.3) is 0 Å². The maximum atomic E-state index is 11.2. The lowest BCUT2D eigenvalue weighted by molar-refractivity contribution is -0.141. The Bertz CT molecular complexity index is 265. The number of amides is 1. The van der Waals surface area contributed by atoms with E-state index in [0.717, 1.165) is 0 Å². The normalized spacial score (nSPS) is 24.8. The third-order valence-electron chi connectivity index (χ3n) is 2.61. The molecule has 16 heavy (non-hydrogen) atoms. The van der Waals surface area contributed by atoms with E-state index >= 15 is 0 Å². The van der Waals surface area contributed by atoms with Crippen molar-refractivity contribution in [2.75, 3.05) is 26.3 Å². The zero-order valence-corrected chi connectivity index (χ0v) is 8.80. The quantitative estimate of drug-likeness (QED) is 0.407. The number of hydrogen-bond acceptors (Lipinski definition) is 5. The standard InChI is InChI=1S/C9H16N2O5/c12-3-1-11(2-4-13)6-5-7(14)10-8(6)9(15)16/h6,8,12-13H,1-5H2,(H,10,14)(H,15,16)/t6?,8-/m0/s1. The molecule has 1 fully saturated rings. The molecule has 1 saturated heterocycles. The van der Waals surface area contributed by atoms with Crippen molar-refractivity contribution in [3.05, 3.63) is 0 Å². The number of carbonyl (C=O) groups excluding carboxylic acids is 1. The van der Waals surface area contributed by atoms with Gasteiger partial charge in [-0.1, -0.05) is 0 Å². The van der Waals surface area contributed by atoms with E-state index in [0.29, 0.717) is 0 Å². The molecule has 1 heterocycles. The molecule has 1 aliphatic rings.